The highest BCUT2D eigenvalue weighted by atomic mass is 32.1. The molecule has 1 N–H and O–H groups in total. The van der Waals surface area contributed by atoms with Gasteiger partial charge in [0.15, 0.2) is 5.11 Å². The van der Waals surface area contributed by atoms with Crippen LogP contribution in [0, 0.1) is 0 Å². The smallest absolute Gasteiger partial charge is 0.339 e. The van der Waals surface area contributed by atoms with E-state index in [0.29, 0.717) is 23.8 Å². The summed E-state index contributed by atoms with van der Waals surface area (Å²) >= 11 is 5.34. The van der Waals surface area contributed by atoms with E-state index in [4.69, 9.17) is 12.2 Å². The first-order valence-corrected chi connectivity index (χ1v) is 7.90. The number of nitrogens with zero attached hydrogens (tertiary/aromatic N) is 3. The number of esters is 1. The van der Waals surface area contributed by atoms with Crippen molar-refractivity contribution >= 4 is 29.2 Å². The van der Waals surface area contributed by atoms with Gasteiger partial charge in [-0.05, 0) is 37.2 Å². The lowest BCUT2D eigenvalue weighted by molar-refractivity contribution is 0.0484. The van der Waals surface area contributed by atoms with Crippen molar-refractivity contribution in [1.82, 2.24) is 20.3 Å². The van der Waals surface area contributed by atoms with Crippen LogP contribution in [0.3, 0.4) is 0 Å². The van der Waals surface area contributed by atoms with Gasteiger partial charge in [-0.3, -0.25) is 14.8 Å². The summed E-state index contributed by atoms with van der Waals surface area (Å²) in [6.45, 7) is 4.10. The highest BCUT2D eigenvalue weighted by Crippen LogP contribution is 2.15. The summed E-state index contributed by atoms with van der Waals surface area (Å²) in [5.41, 5.74) is 0.574. The number of hydrogen-bond donors (Lipinski definition) is 1. The Bertz CT molecular complexity index is 591. The summed E-state index contributed by atoms with van der Waals surface area (Å²) < 4.78 is 4.61. The summed E-state index contributed by atoms with van der Waals surface area (Å²) in [7, 11) is 1.30. The van der Waals surface area contributed by atoms with E-state index >= 15 is 0 Å². The SMILES string of the molecule is CCCNC(=S)N1CCCN1C(=O)c1ccc(C(=O)OC)cn1. The minimum Gasteiger partial charge on any atom is -0.465 e. The maximum Gasteiger partial charge on any atom is 0.339 e. The van der Waals surface area contributed by atoms with Crippen molar-refractivity contribution in [3.63, 3.8) is 0 Å². The van der Waals surface area contributed by atoms with Gasteiger partial charge in [-0.2, -0.15) is 0 Å². The van der Waals surface area contributed by atoms with Crippen LogP contribution >= 0.6 is 12.2 Å². The number of pyridine rings is 1. The summed E-state index contributed by atoms with van der Waals surface area (Å²) in [5.74, 6) is -0.719. The number of methoxy groups -OCH3 is 1. The Balaban J connectivity index is 2.09. The molecule has 7 nitrogen and oxygen atoms in total. The third kappa shape index (κ3) is 3.95. The third-order valence-electron chi connectivity index (χ3n) is 3.43. The first kappa shape index (κ1) is 17.1. The molecule has 0 aliphatic carbocycles. The number of thiocarbonyl (C=S) groups is 1. The number of carbonyl (C=O) groups excluding carboxylic acids is 2. The summed E-state index contributed by atoms with van der Waals surface area (Å²) in [5, 5.41) is 7.02. The molecule has 0 aromatic carbocycles. The van der Waals surface area contributed by atoms with Gasteiger partial charge in [0.1, 0.15) is 5.69 Å². The topological polar surface area (TPSA) is 74.8 Å². The van der Waals surface area contributed by atoms with Crippen LogP contribution in [-0.2, 0) is 4.74 Å². The van der Waals surface area contributed by atoms with Crippen LogP contribution in [0.4, 0.5) is 0 Å². The molecule has 0 bridgehead atoms. The fraction of sp³-hybridized carbons (Fsp3) is 0.467. The Kier molecular flexibility index (Phi) is 5.86. The Morgan fingerprint density at radius 1 is 1.35 bits per heavy atom. The van der Waals surface area contributed by atoms with E-state index in [0.717, 1.165) is 19.4 Å². The summed E-state index contributed by atoms with van der Waals surface area (Å²) in [6.07, 6.45) is 3.14. The second-order valence-corrected chi connectivity index (χ2v) is 5.45. The molecular weight excluding hydrogens is 316 g/mol. The maximum atomic E-state index is 12.6. The van der Waals surface area contributed by atoms with Crippen molar-refractivity contribution in [1.29, 1.82) is 0 Å². The van der Waals surface area contributed by atoms with Crippen LogP contribution in [0.15, 0.2) is 18.3 Å². The molecule has 1 amide bonds. The second kappa shape index (κ2) is 7.87. The molecule has 8 heteroatoms. The van der Waals surface area contributed by atoms with Crippen LogP contribution < -0.4 is 5.32 Å². The van der Waals surface area contributed by atoms with Gasteiger partial charge in [0.2, 0.25) is 0 Å². The van der Waals surface area contributed by atoms with Crippen LogP contribution in [0.1, 0.15) is 40.6 Å². The second-order valence-electron chi connectivity index (χ2n) is 5.06. The standard InChI is InChI=1S/C15H20N4O3S/c1-3-7-16-15(23)19-9-4-8-18(19)13(20)12-6-5-11(10-17-12)14(21)22-2/h5-6,10H,3-4,7-9H2,1-2H3,(H,16,23). The fourth-order valence-electron chi connectivity index (χ4n) is 2.25. The third-order valence-corrected chi connectivity index (χ3v) is 3.79. The van der Waals surface area contributed by atoms with Gasteiger partial charge in [0, 0.05) is 25.8 Å². The lowest BCUT2D eigenvalue weighted by atomic mass is 10.2. The molecule has 1 aliphatic heterocycles. The van der Waals surface area contributed by atoms with Crippen molar-refractivity contribution in [2.45, 2.75) is 19.8 Å². The highest BCUT2D eigenvalue weighted by molar-refractivity contribution is 7.80. The fourth-order valence-corrected chi connectivity index (χ4v) is 2.54. The molecule has 1 aliphatic rings. The Morgan fingerprint density at radius 3 is 2.70 bits per heavy atom. The van der Waals surface area contributed by atoms with Crippen molar-refractivity contribution in [3.05, 3.63) is 29.6 Å². The first-order chi connectivity index (χ1) is 11.1. The molecular formula is C15H20N4O3S. The molecule has 23 heavy (non-hydrogen) atoms. The zero-order valence-electron chi connectivity index (χ0n) is 13.2. The van der Waals surface area contributed by atoms with Gasteiger partial charge in [0.25, 0.3) is 5.91 Å². The van der Waals surface area contributed by atoms with E-state index in [1.54, 1.807) is 10.0 Å². The van der Waals surface area contributed by atoms with E-state index in [-0.39, 0.29) is 11.6 Å². The molecule has 124 valence electrons. The monoisotopic (exact) mass is 336 g/mol. The van der Waals surface area contributed by atoms with E-state index < -0.39 is 5.97 Å². The molecule has 0 saturated carbocycles. The molecule has 0 unspecified atom stereocenters. The Labute approximate surface area is 140 Å². The number of rotatable bonds is 4. The molecule has 1 fully saturated rings. The summed E-state index contributed by atoms with van der Waals surface area (Å²) in [4.78, 5) is 28.1. The highest BCUT2D eigenvalue weighted by Gasteiger charge is 2.30. The van der Waals surface area contributed by atoms with Gasteiger partial charge in [0.05, 0.1) is 12.7 Å². The predicted octanol–water partition coefficient (Wildman–Crippen LogP) is 1.22. The zero-order chi connectivity index (χ0) is 16.8. The van der Waals surface area contributed by atoms with E-state index in [2.05, 4.69) is 22.0 Å². The molecule has 1 aromatic heterocycles. The average molecular weight is 336 g/mol. The lowest BCUT2D eigenvalue weighted by Crippen LogP contribution is -2.49. The van der Waals surface area contributed by atoms with Crippen LogP contribution in [0.25, 0.3) is 0 Å². The largest absolute Gasteiger partial charge is 0.465 e. The minimum atomic E-state index is -0.482. The van der Waals surface area contributed by atoms with E-state index in [1.165, 1.54) is 25.4 Å². The maximum absolute atomic E-state index is 12.6. The minimum absolute atomic E-state index is 0.237. The molecule has 2 rings (SSSR count). The molecule has 1 aromatic rings. The first-order valence-electron chi connectivity index (χ1n) is 7.50. The number of carbonyl (C=O) groups is 2. The van der Waals surface area contributed by atoms with Crippen molar-refractivity contribution < 1.29 is 14.3 Å². The molecule has 0 spiro atoms. The lowest BCUT2D eigenvalue weighted by Gasteiger charge is -2.29. The molecule has 0 radical (unpaired) electrons. The number of hydrogen-bond acceptors (Lipinski definition) is 5. The summed E-state index contributed by atoms with van der Waals surface area (Å²) in [6, 6.07) is 3.05. The number of amides is 1. The quantitative estimate of drug-likeness (QED) is 0.654. The Hall–Kier alpha value is -2.22. The number of hydrazine groups is 1. The van der Waals surface area contributed by atoms with Gasteiger partial charge in [-0.25, -0.2) is 9.80 Å². The van der Waals surface area contributed by atoms with Gasteiger partial charge in [-0.15, -0.1) is 0 Å². The van der Waals surface area contributed by atoms with Crippen LogP contribution in [0.2, 0.25) is 0 Å². The van der Waals surface area contributed by atoms with Gasteiger partial charge in [-0.1, -0.05) is 6.92 Å². The zero-order valence-corrected chi connectivity index (χ0v) is 14.1. The number of aromatic nitrogens is 1. The molecule has 0 atom stereocenters. The van der Waals surface area contributed by atoms with Crippen molar-refractivity contribution in [2.75, 3.05) is 26.7 Å². The van der Waals surface area contributed by atoms with Gasteiger partial charge < -0.3 is 10.1 Å². The van der Waals surface area contributed by atoms with Crippen LogP contribution in [0.5, 0.6) is 0 Å². The van der Waals surface area contributed by atoms with Crippen molar-refractivity contribution in [2.24, 2.45) is 0 Å². The normalized spacial score (nSPS) is 13.8. The van der Waals surface area contributed by atoms with Crippen molar-refractivity contribution in [3.8, 4) is 0 Å². The van der Waals surface area contributed by atoms with E-state index in [9.17, 15) is 9.59 Å². The predicted molar refractivity (Wildman–Crippen MR) is 88.8 cm³/mol. The number of ether oxygens (including phenoxy) is 1. The molecule has 2 heterocycles. The van der Waals surface area contributed by atoms with E-state index in [1.807, 2.05) is 0 Å². The average Bonchev–Trinajstić information content (AvgIpc) is 3.08. The Morgan fingerprint density at radius 2 is 2.09 bits per heavy atom. The van der Waals surface area contributed by atoms with Crippen LogP contribution in [-0.4, -0.2) is 58.7 Å². The van der Waals surface area contributed by atoms with Gasteiger partial charge >= 0.3 is 5.97 Å². The molecule has 1 saturated heterocycles. The number of nitrogens with one attached hydrogen (secondary N) is 1.